The van der Waals surface area contributed by atoms with Gasteiger partial charge in [0.05, 0.1) is 0 Å². The molecule has 0 heteroatoms. The van der Waals surface area contributed by atoms with Crippen LogP contribution in [0.3, 0.4) is 0 Å². The standard InChI is InChI=1S/C10H12/c1-8-2-7-3-10(7)6-9(10,4-8)5-8/h2H,3-6H2,1H3. The van der Waals surface area contributed by atoms with E-state index in [-0.39, 0.29) is 0 Å². The minimum Gasteiger partial charge on any atom is -0.0787 e. The van der Waals surface area contributed by atoms with Crippen LogP contribution in [-0.4, -0.2) is 0 Å². The van der Waals surface area contributed by atoms with Crippen LogP contribution >= 0.6 is 0 Å². The molecule has 0 aromatic heterocycles. The van der Waals surface area contributed by atoms with Gasteiger partial charge in [0.1, 0.15) is 0 Å². The van der Waals surface area contributed by atoms with Crippen molar-refractivity contribution in [3.05, 3.63) is 11.6 Å². The van der Waals surface area contributed by atoms with Crippen molar-refractivity contribution in [1.29, 1.82) is 0 Å². The molecule has 0 saturated heterocycles. The largest absolute Gasteiger partial charge is 0.0787 e. The van der Waals surface area contributed by atoms with Gasteiger partial charge < -0.3 is 0 Å². The molecule has 2 bridgehead atoms. The zero-order valence-electron chi connectivity index (χ0n) is 6.41. The van der Waals surface area contributed by atoms with E-state index in [9.17, 15) is 0 Å². The van der Waals surface area contributed by atoms with Crippen molar-refractivity contribution in [2.45, 2.75) is 32.6 Å². The number of allylic oxidation sites excluding steroid dienone is 2. The second-order valence-electron chi connectivity index (χ2n) is 5.39. The highest BCUT2D eigenvalue weighted by atomic mass is 14.9. The van der Waals surface area contributed by atoms with Crippen LogP contribution in [0.1, 0.15) is 32.6 Å². The topological polar surface area (TPSA) is 0 Å². The van der Waals surface area contributed by atoms with Crippen LogP contribution in [-0.2, 0) is 0 Å². The molecule has 52 valence electrons. The highest BCUT2D eigenvalue weighted by Gasteiger charge is 2.84. The molecule has 2 spiro atoms. The van der Waals surface area contributed by atoms with E-state index in [1.54, 1.807) is 6.42 Å². The third-order valence-electron chi connectivity index (χ3n) is 4.52. The van der Waals surface area contributed by atoms with Gasteiger partial charge in [-0.05, 0) is 36.5 Å². The molecule has 5 aliphatic carbocycles. The smallest absolute Gasteiger partial charge is 0.00127 e. The molecule has 1 atom stereocenters. The van der Waals surface area contributed by atoms with Crippen molar-refractivity contribution < 1.29 is 0 Å². The van der Waals surface area contributed by atoms with Gasteiger partial charge >= 0.3 is 0 Å². The summed E-state index contributed by atoms with van der Waals surface area (Å²) in [7, 11) is 0. The Balaban J connectivity index is 2.04. The van der Waals surface area contributed by atoms with Gasteiger partial charge in [-0.3, -0.25) is 0 Å². The zero-order chi connectivity index (χ0) is 6.61. The van der Waals surface area contributed by atoms with Crippen molar-refractivity contribution in [1.82, 2.24) is 0 Å². The Labute approximate surface area is 61.3 Å². The number of rotatable bonds is 0. The highest BCUT2D eigenvalue weighted by molar-refractivity contribution is 5.55. The molecule has 0 aliphatic heterocycles. The van der Waals surface area contributed by atoms with E-state index >= 15 is 0 Å². The summed E-state index contributed by atoms with van der Waals surface area (Å²) in [4.78, 5) is 0. The van der Waals surface area contributed by atoms with Gasteiger partial charge in [0, 0.05) is 5.41 Å². The first kappa shape index (κ1) is 4.58. The maximum absolute atomic E-state index is 2.60. The van der Waals surface area contributed by atoms with Gasteiger partial charge in [0.2, 0.25) is 0 Å². The highest BCUT2D eigenvalue weighted by Crippen LogP contribution is 2.94. The summed E-state index contributed by atoms with van der Waals surface area (Å²) in [6.07, 6.45) is 8.72. The molecule has 0 amide bonds. The van der Waals surface area contributed by atoms with E-state index < -0.39 is 0 Å². The number of hydrogen-bond donors (Lipinski definition) is 0. The quantitative estimate of drug-likeness (QED) is 0.444. The molecule has 3 saturated carbocycles. The summed E-state index contributed by atoms with van der Waals surface area (Å²) in [6, 6.07) is 0. The van der Waals surface area contributed by atoms with Crippen LogP contribution in [0.25, 0.3) is 0 Å². The van der Waals surface area contributed by atoms with Gasteiger partial charge in [-0.15, -0.1) is 0 Å². The van der Waals surface area contributed by atoms with Crippen molar-refractivity contribution in [2.75, 3.05) is 0 Å². The average molecular weight is 132 g/mol. The molecule has 0 radical (unpaired) electrons. The molecular formula is C10H12. The third-order valence-corrected chi connectivity index (χ3v) is 4.52. The maximum atomic E-state index is 2.60. The van der Waals surface area contributed by atoms with E-state index in [2.05, 4.69) is 13.0 Å². The molecular weight excluding hydrogens is 120 g/mol. The SMILES string of the molecule is CC12C=C3CC34CC4(C1)C2. The fourth-order valence-electron chi connectivity index (χ4n) is 4.19. The monoisotopic (exact) mass is 132 g/mol. The van der Waals surface area contributed by atoms with E-state index in [0.29, 0.717) is 5.41 Å². The molecule has 0 heterocycles. The lowest BCUT2D eigenvalue weighted by Crippen LogP contribution is -2.38. The van der Waals surface area contributed by atoms with Gasteiger partial charge in [0.15, 0.2) is 0 Å². The van der Waals surface area contributed by atoms with Crippen LogP contribution in [0, 0.1) is 16.2 Å². The lowest BCUT2D eigenvalue weighted by molar-refractivity contribution is 0.0791. The predicted octanol–water partition coefficient (Wildman–Crippen LogP) is 2.51. The Morgan fingerprint density at radius 3 is 2.80 bits per heavy atom. The second-order valence-corrected chi connectivity index (χ2v) is 5.39. The molecule has 0 aromatic carbocycles. The second kappa shape index (κ2) is 0.790. The summed E-state index contributed by atoms with van der Waals surface area (Å²) >= 11 is 0. The van der Waals surface area contributed by atoms with Crippen molar-refractivity contribution in [2.24, 2.45) is 16.2 Å². The van der Waals surface area contributed by atoms with Gasteiger partial charge in [-0.25, -0.2) is 0 Å². The zero-order valence-corrected chi connectivity index (χ0v) is 6.41. The molecule has 10 heavy (non-hydrogen) atoms. The normalized spacial score (nSPS) is 72.7. The molecule has 0 aromatic rings. The van der Waals surface area contributed by atoms with Crippen LogP contribution in [0.2, 0.25) is 0 Å². The van der Waals surface area contributed by atoms with Gasteiger partial charge in [-0.1, -0.05) is 18.6 Å². The molecule has 5 aliphatic rings. The van der Waals surface area contributed by atoms with E-state index in [1.807, 2.05) is 5.57 Å². The summed E-state index contributed by atoms with van der Waals surface area (Å²) in [5, 5.41) is 0. The lowest BCUT2D eigenvalue weighted by atomic mass is 9.57. The summed E-state index contributed by atoms with van der Waals surface area (Å²) < 4.78 is 0. The van der Waals surface area contributed by atoms with Gasteiger partial charge in [-0.2, -0.15) is 0 Å². The van der Waals surface area contributed by atoms with Crippen molar-refractivity contribution >= 4 is 0 Å². The molecule has 1 unspecified atom stereocenters. The van der Waals surface area contributed by atoms with Crippen LogP contribution in [0.4, 0.5) is 0 Å². The fourth-order valence-corrected chi connectivity index (χ4v) is 4.19. The molecule has 5 rings (SSSR count). The third kappa shape index (κ3) is 0.234. The van der Waals surface area contributed by atoms with E-state index in [1.165, 1.54) is 19.3 Å². The lowest BCUT2D eigenvalue weighted by Gasteiger charge is -2.47. The molecule has 0 N–H and O–H groups in total. The first-order valence-electron chi connectivity index (χ1n) is 4.41. The fraction of sp³-hybridized carbons (Fsp3) is 0.800. The molecule has 0 nitrogen and oxygen atoms in total. The van der Waals surface area contributed by atoms with Gasteiger partial charge in [0.25, 0.3) is 0 Å². The molecule has 3 fully saturated rings. The van der Waals surface area contributed by atoms with E-state index in [0.717, 1.165) is 10.8 Å². The summed E-state index contributed by atoms with van der Waals surface area (Å²) in [5.74, 6) is 0. The Kier molecular flexibility index (Phi) is 0.362. The summed E-state index contributed by atoms with van der Waals surface area (Å²) in [5.41, 5.74) is 4.26. The van der Waals surface area contributed by atoms with E-state index in [4.69, 9.17) is 0 Å². The average Bonchev–Trinajstić information content (AvgIpc) is 2.44. The van der Waals surface area contributed by atoms with Crippen molar-refractivity contribution in [3.63, 3.8) is 0 Å². The predicted molar refractivity (Wildman–Crippen MR) is 39.5 cm³/mol. The van der Waals surface area contributed by atoms with Crippen molar-refractivity contribution in [3.8, 4) is 0 Å². The first-order valence-corrected chi connectivity index (χ1v) is 4.41. The number of hydrogen-bond acceptors (Lipinski definition) is 0. The Hall–Kier alpha value is -0.260. The van der Waals surface area contributed by atoms with Crippen LogP contribution < -0.4 is 0 Å². The minimum absolute atomic E-state index is 0.672. The Morgan fingerprint density at radius 2 is 2.10 bits per heavy atom. The van der Waals surface area contributed by atoms with Crippen LogP contribution in [0.5, 0.6) is 0 Å². The minimum atomic E-state index is 0.672. The Bertz CT molecular complexity index is 278. The Morgan fingerprint density at radius 1 is 1.30 bits per heavy atom. The first-order chi connectivity index (χ1) is 4.68. The summed E-state index contributed by atoms with van der Waals surface area (Å²) in [6.45, 7) is 2.44. The van der Waals surface area contributed by atoms with Crippen LogP contribution in [0.15, 0.2) is 11.6 Å². The maximum Gasteiger partial charge on any atom is 0.00127 e.